The maximum absolute atomic E-state index is 11.2. The van der Waals surface area contributed by atoms with Crippen LogP contribution in [0.5, 0.6) is 0 Å². The molecule has 296 valence electrons. The zero-order valence-electron chi connectivity index (χ0n) is 32.5. The van der Waals surface area contributed by atoms with E-state index in [4.69, 9.17) is 28.4 Å². The summed E-state index contributed by atoms with van der Waals surface area (Å²) in [4.78, 5) is 22.4. The number of aryl methyl sites for hydroxylation is 2. The van der Waals surface area contributed by atoms with Gasteiger partial charge in [-0.3, -0.25) is 0 Å². The number of carbonyl (C=O) groups is 2. The van der Waals surface area contributed by atoms with Crippen LogP contribution in [0.1, 0.15) is 112 Å². The molecule has 3 aliphatic rings. The fraction of sp³-hybridized carbons (Fsp3) is 0.609. The Kier molecular flexibility index (Phi) is 18.3. The van der Waals surface area contributed by atoms with Gasteiger partial charge in [-0.1, -0.05) is 113 Å². The molecule has 2 atom stereocenters. The molecule has 0 unspecified atom stereocenters. The van der Waals surface area contributed by atoms with Crippen LogP contribution in [0.2, 0.25) is 0 Å². The Bertz CT molecular complexity index is 1280. The Morgan fingerprint density at radius 2 is 0.870 bits per heavy atom. The van der Waals surface area contributed by atoms with Gasteiger partial charge in [0.25, 0.3) is 0 Å². The van der Waals surface area contributed by atoms with Gasteiger partial charge in [0.05, 0.1) is 39.6 Å². The SMILES string of the molecule is C=CC(=O)OCCCC1CCC(CCc2ccc(CO[C@@H]3OCCO[C@H]3OCc3ccc(CCC4CCC(CCCOC(=O)C=C)CC4)cc3)cc2)CC1. The fourth-order valence-corrected chi connectivity index (χ4v) is 8.27. The molecule has 5 rings (SSSR count). The maximum atomic E-state index is 11.2. The number of benzene rings is 2. The van der Waals surface area contributed by atoms with Gasteiger partial charge in [-0.15, -0.1) is 0 Å². The molecule has 2 aliphatic carbocycles. The first-order chi connectivity index (χ1) is 26.5. The number of ether oxygens (including phenoxy) is 6. The van der Waals surface area contributed by atoms with Crippen molar-refractivity contribution < 1.29 is 38.0 Å². The molecule has 1 heterocycles. The summed E-state index contributed by atoms with van der Waals surface area (Å²) in [6.45, 7) is 9.75. The highest BCUT2D eigenvalue weighted by Gasteiger charge is 2.29. The summed E-state index contributed by atoms with van der Waals surface area (Å²) >= 11 is 0. The van der Waals surface area contributed by atoms with E-state index in [2.05, 4.69) is 61.7 Å². The molecular formula is C46H64O8. The fourth-order valence-electron chi connectivity index (χ4n) is 8.27. The molecule has 2 aromatic carbocycles. The lowest BCUT2D eigenvalue weighted by molar-refractivity contribution is -0.326. The van der Waals surface area contributed by atoms with Crippen LogP contribution in [0, 0.1) is 23.7 Å². The lowest BCUT2D eigenvalue weighted by Gasteiger charge is -2.31. The van der Waals surface area contributed by atoms with Crippen molar-refractivity contribution in [3.8, 4) is 0 Å². The Labute approximate surface area is 324 Å². The molecule has 0 spiro atoms. The van der Waals surface area contributed by atoms with Crippen molar-refractivity contribution in [2.75, 3.05) is 26.4 Å². The second-order valence-corrected chi connectivity index (χ2v) is 15.6. The molecule has 1 saturated heterocycles. The highest BCUT2D eigenvalue weighted by Crippen LogP contribution is 2.35. The maximum Gasteiger partial charge on any atom is 0.330 e. The van der Waals surface area contributed by atoms with Crippen molar-refractivity contribution >= 4 is 11.9 Å². The van der Waals surface area contributed by atoms with Gasteiger partial charge in [0.15, 0.2) is 0 Å². The summed E-state index contributed by atoms with van der Waals surface area (Å²) in [7, 11) is 0. The predicted octanol–water partition coefficient (Wildman–Crippen LogP) is 9.62. The standard InChI is InChI=1S/C46H64O8/c1-3-43(47)49-29-5-7-35-9-13-37(14-10-35)17-19-39-21-25-41(26-22-39)33-53-45-46(52-32-31-51-45)54-34-42-27-23-40(24-28-42)20-18-38-15-11-36(12-16-38)8-6-30-50-44(48)4-2/h3-4,21-28,35-38,45-46H,1-2,5-20,29-34H2/t35?,36?,37?,38?,45-,46-/m0/s1. The molecule has 2 aromatic rings. The summed E-state index contributed by atoms with van der Waals surface area (Å²) in [5.74, 6) is 2.46. The van der Waals surface area contributed by atoms with E-state index in [9.17, 15) is 9.59 Å². The predicted molar refractivity (Wildman–Crippen MR) is 210 cm³/mol. The molecule has 0 bridgehead atoms. The Hall–Kier alpha value is -3.30. The lowest BCUT2D eigenvalue weighted by atomic mass is 9.78. The summed E-state index contributed by atoms with van der Waals surface area (Å²) in [6.07, 6.45) is 20.5. The van der Waals surface area contributed by atoms with Gasteiger partial charge < -0.3 is 28.4 Å². The monoisotopic (exact) mass is 744 g/mol. The van der Waals surface area contributed by atoms with E-state index in [0.717, 1.165) is 73.3 Å². The zero-order valence-corrected chi connectivity index (χ0v) is 32.5. The van der Waals surface area contributed by atoms with E-state index in [1.807, 2.05) is 0 Å². The van der Waals surface area contributed by atoms with Crippen LogP contribution in [-0.2, 0) is 64.1 Å². The van der Waals surface area contributed by atoms with Crippen LogP contribution in [-0.4, -0.2) is 50.9 Å². The topological polar surface area (TPSA) is 89.5 Å². The van der Waals surface area contributed by atoms with E-state index >= 15 is 0 Å². The van der Waals surface area contributed by atoms with Crippen molar-refractivity contribution in [2.24, 2.45) is 23.7 Å². The van der Waals surface area contributed by atoms with Crippen LogP contribution in [0.15, 0.2) is 73.8 Å². The minimum Gasteiger partial charge on any atom is -0.463 e. The van der Waals surface area contributed by atoms with Gasteiger partial charge >= 0.3 is 11.9 Å². The van der Waals surface area contributed by atoms with Gasteiger partial charge in [0.2, 0.25) is 12.6 Å². The summed E-state index contributed by atoms with van der Waals surface area (Å²) in [6, 6.07) is 17.5. The first-order valence-electron chi connectivity index (χ1n) is 20.7. The first-order valence-corrected chi connectivity index (χ1v) is 20.7. The molecule has 0 aromatic heterocycles. The highest BCUT2D eigenvalue weighted by atomic mass is 16.8. The molecule has 0 N–H and O–H groups in total. The van der Waals surface area contributed by atoms with E-state index < -0.39 is 12.6 Å². The molecule has 0 radical (unpaired) electrons. The normalized spacial score (nSPS) is 24.4. The minimum atomic E-state index is -0.570. The third-order valence-corrected chi connectivity index (χ3v) is 11.7. The van der Waals surface area contributed by atoms with Crippen molar-refractivity contribution in [3.63, 3.8) is 0 Å². The number of carbonyl (C=O) groups excluding carboxylic acids is 2. The lowest BCUT2D eigenvalue weighted by Crippen LogP contribution is -2.41. The smallest absolute Gasteiger partial charge is 0.330 e. The van der Waals surface area contributed by atoms with Gasteiger partial charge in [0, 0.05) is 12.2 Å². The first kappa shape index (κ1) is 41.9. The third kappa shape index (κ3) is 15.1. The van der Waals surface area contributed by atoms with Gasteiger partial charge in [-0.2, -0.15) is 0 Å². The number of rotatable bonds is 22. The van der Waals surface area contributed by atoms with Crippen LogP contribution >= 0.6 is 0 Å². The van der Waals surface area contributed by atoms with Crippen molar-refractivity contribution in [2.45, 2.75) is 129 Å². The average molecular weight is 745 g/mol. The molecule has 0 amide bonds. The van der Waals surface area contributed by atoms with Gasteiger partial charge in [0.1, 0.15) is 0 Å². The van der Waals surface area contributed by atoms with E-state index in [-0.39, 0.29) is 11.9 Å². The Morgan fingerprint density at radius 3 is 1.22 bits per heavy atom. The summed E-state index contributed by atoms with van der Waals surface area (Å²) in [5.41, 5.74) is 4.96. The molecule has 2 saturated carbocycles. The summed E-state index contributed by atoms with van der Waals surface area (Å²) in [5, 5.41) is 0. The van der Waals surface area contributed by atoms with Crippen molar-refractivity contribution in [3.05, 3.63) is 96.1 Å². The van der Waals surface area contributed by atoms with Crippen molar-refractivity contribution in [1.82, 2.24) is 0 Å². The van der Waals surface area contributed by atoms with Gasteiger partial charge in [-0.05, 0) is 97.3 Å². The molecule has 54 heavy (non-hydrogen) atoms. The van der Waals surface area contributed by atoms with Crippen molar-refractivity contribution in [1.29, 1.82) is 0 Å². The van der Waals surface area contributed by atoms with Crippen LogP contribution in [0.4, 0.5) is 0 Å². The van der Waals surface area contributed by atoms with E-state index in [1.165, 1.54) is 87.5 Å². The van der Waals surface area contributed by atoms with E-state index in [1.54, 1.807) is 0 Å². The molecule has 1 aliphatic heterocycles. The average Bonchev–Trinajstić information content (AvgIpc) is 3.22. The molecule has 8 heteroatoms. The minimum absolute atomic E-state index is 0.323. The number of hydrogen-bond donors (Lipinski definition) is 0. The Morgan fingerprint density at radius 1 is 0.537 bits per heavy atom. The van der Waals surface area contributed by atoms with Crippen LogP contribution in [0.25, 0.3) is 0 Å². The largest absolute Gasteiger partial charge is 0.463 e. The van der Waals surface area contributed by atoms with E-state index in [0.29, 0.717) is 39.6 Å². The number of esters is 2. The Balaban J connectivity index is 0.930. The highest BCUT2D eigenvalue weighted by molar-refractivity contribution is 5.81. The third-order valence-electron chi connectivity index (χ3n) is 11.7. The second-order valence-electron chi connectivity index (χ2n) is 15.6. The zero-order chi connectivity index (χ0) is 37.8. The molecule has 3 fully saturated rings. The van der Waals surface area contributed by atoms with Gasteiger partial charge in [-0.25, -0.2) is 9.59 Å². The number of hydrogen-bond acceptors (Lipinski definition) is 8. The molecular weight excluding hydrogens is 680 g/mol. The van der Waals surface area contributed by atoms with Crippen LogP contribution < -0.4 is 0 Å². The summed E-state index contributed by atoms with van der Waals surface area (Å²) < 4.78 is 34.4. The second kappa shape index (κ2) is 23.6. The molecule has 8 nitrogen and oxygen atoms in total. The van der Waals surface area contributed by atoms with Crippen LogP contribution in [0.3, 0.4) is 0 Å². The quantitative estimate of drug-likeness (QED) is 0.0669.